The van der Waals surface area contributed by atoms with Crippen LogP contribution in [0.4, 0.5) is 0 Å². The molecule has 0 atom stereocenters. The Morgan fingerprint density at radius 2 is 1.89 bits per heavy atom. The van der Waals surface area contributed by atoms with Crippen LogP contribution < -0.4 is 14.2 Å². The Bertz CT molecular complexity index is 593. The van der Waals surface area contributed by atoms with Gasteiger partial charge in [-0.25, -0.2) is 13.1 Å². The van der Waals surface area contributed by atoms with E-state index >= 15 is 0 Å². The van der Waals surface area contributed by atoms with E-state index < -0.39 is 10.0 Å². The van der Waals surface area contributed by atoms with Crippen LogP contribution in [-0.2, 0) is 15.4 Å². The molecule has 2 aliphatic rings. The molecule has 104 valence electrons. The van der Waals surface area contributed by atoms with Gasteiger partial charge >= 0.3 is 0 Å². The van der Waals surface area contributed by atoms with Crippen molar-refractivity contribution < 1.29 is 17.9 Å². The van der Waals surface area contributed by atoms with E-state index in [2.05, 4.69) is 4.72 Å². The highest BCUT2D eigenvalue weighted by Crippen LogP contribution is 2.49. The summed E-state index contributed by atoms with van der Waals surface area (Å²) in [7, 11) is -3.15. The molecule has 5 nitrogen and oxygen atoms in total. The molecule has 1 aromatic rings. The van der Waals surface area contributed by atoms with Gasteiger partial charge in [-0.15, -0.1) is 0 Å². The maximum Gasteiger partial charge on any atom is 0.208 e. The molecule has 1 saturated carbocycles. The minimum atomic E-state index is -3.15. The van der Waals surface area contributed by atoms with Crippen molar-refractivity contribution in [1.29, 1.82) is 0 Å². The number of rotatable bonds is 4. The third-order valence-corrected chi connectivity index (χ3v) is 4.35. The second-order valence-corrected chi connectivity index (χ2v) is 7.07. The molecule has 1 heterocycles. The van der Waals surface area contributed by atoms with Crippen molar-refractivity contribution in [3.05, 3.63) is 23.8 Å². The minimum absolute atomic E-state index is 0.0705. The minimum Gasteiger partial charge on any atom is -0.486 e. The summed E-state index contributed by atoms with van der Waals surface area (Å²) in [6, 6.07) is 5.89. The molecular formula is C13H17NO4S. The summed E-state index contributed by atoms with van der Waals surface area (Å²) in [4.78, 5) is 0. The zero-order valence-corrected chi connectivity index (χ0v) is 11.6. The van der Waals surface area contributed by atoms with Gasteiger partial charge in [0.05, 0.1) is 6.26 Å². The predicted molar refractivity (Wildman–Crippen MR) is 71.2 cm³/mol. The van der Waals surface area contributed by atoms with E-state index in [9.17, 15) is 8.42 Å². The Morgan fingerprint density at radius 3 is 2.53 bits per heavy atom. The van der Waals surface area contributed by atoms with Crippen LogP contribution in [0.15, 0.2) is 18.2 Å². The quantitative estimate of drug-likeness (QED) is 0.896. The average molecular weight is 283 g/mol. The lowest BCUT2D eigenvalue weighted by atomic mass is 9.96. The number of ether oxygens (including phenoxy) is 2. The molecule has 0 bridgehead atoms. The topological polar surface area (TPSA) is 64.6 Å². The molecule has 0 aromatic heterocycles. The smallest absolute Gasteiger partial charge is 0.208 e. The van der Waals surface area contributed by atoms with Crippen molar-refractivity contribution in [2.45, 2.75) is 18.3 Å². The first kappa shape index (κ1) is 12.7. The van der Waals surface area contributed by atoms with E-state index in [0.29, 0.717) is 19.8 Å². The summed E-state index contributed by atoms with van der Waals surface area (Å²) in [6.07, 6.45) is 3.18. The number of sulfonamides is 1. The van der Waals surface area contributed by atoms with Crippen molar-refractivity contribution in [3.63, 3.8) is 0 Å². The molecule has 0 spiro atoms. The standard InChI is InChI=1S/C13H17NO4S/c1-19(15,16)14-9-13(4-5-13)10-2-3-11-12(8-10)18-7-6-17-11/h2-3,8,14H,4-7,9H2,1H3. The van der Waals surface area contributed by atoms with Crippen molar-refractivity contribution >= 4 is 10.0 Å². The van der Waals surface area contributed by atoms with Gasteiger partial charge in [0.15, 0.2) is 11.5 Å². The summed E-state index contributed by atoms with van der Waals surface area (Å²) >= 11 is 0. The van der Waals surface area contributed by atoms with Crippen molar-refractivity contribution in [1.82, 2.24) is 4.72 Å². The fourth-order valence-electron chi connectivity index (χ4n) is 2.36. The van der Waals surface area contributed by atoms with Crippen LogP contribution in [0, 0.1) is 0 Å². The lowest BCUT2D eigenvalue weighted by Gasteiger charge is -2.22. The zero-order valence-electron chi connectivity index (χ0n) is 10.8. The van der Waals surface area contributed by atoms with Gasteiger partial charge in [-0.05, 0) is 30.5 Å². The molecule has 1 aliphatic heterocycles. The molecule has 3 rings (SSSR count). The van der Waals surface area contributed by atoms with E-state index in [4.69, 9.17) is 9.47 Å². The number of benzene rings is 1. The van der Waals surface area contributed by atoms with Crippen LogP contribution in [0.25, 0.3) is 0 Å². The highest BCUT2D eigenvalue weighted by Gasteiger charge is 2.45. The first-order chi connectivity index (χ1) is 8.99. The van der Waals surface area contributed by atoms with Crippen LogP contribution in [0.5, 0.6) is 11.5 Å². The molecule has 1 aromatic carbocycles. The van der Waals surface area contributed by atoms with Gasteiger partial charge in [0.25, 0.3) is 0 Å². The van der Waals surface area contributed by atoms with Gasteiger partial charge in [0.1, 0.15) is 13.2 Å². The van der Waals surface area contributed by atoms with Gasteiger partial charge < -0.3 is 9.47 Å². The van der Waals surface area contributed by atoms with Gasteiger partial charge in [-0.2, -0.15) is 0 Å². The fraction of sp³-hybridized carbons (Fsp3) is 0.538. The SMILES string of the molecule is CS(=O)(=O)NCC1(c2ccc3c(c2)OCCO3)CC1. The third-order valence-electron chi connectivity index (χ3n) is 3.68. The molecule has 0 unspecified atom stereocenters. The Kier molecular flexibility index (Phi) is 2.94. The molecule has 0 radical (unpaired) electrons. The third kappa shape index (κ3) is 2.69. The molecule has 1 aliphatic carbocycles. The molecular weight excluding hydrogens is 266 g/mol. The monoisotopic (exact) mass is 283 g/mol. The second kappa shape index (κ2) is 4.38. The molecule has 1 N–H and O–H groups in total. The maximum absolute atomic E-state index is 11.2. The van der Waals surface area contributed by atoms with Crippen molar-refractivity contribution in [2.75, 3.05) is 26.0 Å². The lowest BCUT2D eigenvalue weighted by molar-refractivity contribution is 0.171. The van der Waals surface area contributed by atoms with Gasteiger partial charge in [-0.1, -0.05) is 6.07 Å². The highest BCUT2D eigenvalue weighted by atomic mass is 32.2. The summed E-state index contributed by atoms with van der Waals surface area (Å²) in [5.41, 5.74) is 1.05. The molecule has 1 fully saturated rings. The molecule has 0 saturated heterocycles. The zero-order chi connectivity index (χ0) is 13.5. The lowest BCUT2D eigenvalue weighted by Crippen LogP contribution is -2.31. The molecule has 6 heteroatoms. The maximum atomic E-state index is 11.2. The van der Waals surface area contributed by atoms with Crippen LogP contribution in [0.3, 0.4) is 0 Å². The Balaban J connectivity index is 1.82. The van der Waals surface area contributed by atoms with Crippen molar-refractivity contribution in [2.24, 2.45) is 0 Å². The van der Waals surface area contributed by atoms with Crippen LogP contribution in [-0.4, -0.2) is 34.4 Å². The number of fused-ring (bicyclic) bond motifs is 1. The summed E-state index contributed by atoms with van der Waals surface area (Å²) in [5, 5.41) is 0. The average Bonchev–Trinajstić information content (AvgIpc) is 3.16. The molecule has 0 amide bonds. The number of nitrogens with one attached hydrogen (secondary N) is 1. The first-order valence-electron chi connectivity index (χ1n) is 6.33. The highest BCUT2D eigenvalue weighted by molar-refractivity contribution is 7.88. The Hall–Kier alpha value is -1.27. The van der Waals surface area contributed by atoms with Gasteiger partial charge in [0, 0.05) is 12.0 Å². The van der Waals surface area contributed by atoms with Crippen LogP contribution in [0.2, 0.25) is 0 Å². The second-order valence-electron chi connectivity index (χ2n) is 5.23. The van der Waals surface area contributed by atoms with Gasteiger partial charge in [0.2, 0.25) is 10.0 Å². The Labute approximate surface area is 113 Å². The van der Waals surface area contributed by atoms with Gasteiger partial charge in [-0.3, -0.25) is 0 Å². The predicted octanol–water partition coefficient (Wildman–Crippen LogP) is 1.04. The van der Waals surface area contributed by atoms with E-state index in [1.807, 2.05) is 18.2 Å². The van der Waals surface area contributed by atoms with E-state index in [0.717, 1.165) is 29.9 Å². The summed E-state index contributed by atoms with van der Waals surface area (Å²) in [5.74, 6) is 1.52. The number of hydrogen-bond donors (Lipinski definition) is 1. The summed E-state index contributed by atoms with van der Waals surface area (Å²) in [6.45, 7) is 1.59. The first-order valence-corrected chi connectivity index (χ1v) is 8.22. The van der Waals surface area contributed by atoms with E-state index in [1.165, 1.54) is 6.26 Å². The van der Waals surface area contributed by atoms with Crippen molar-refractivity contribution in [3.8, 4) is 11.5 Å². The van der Waals surface area contributed by atoms with E-state index in [-0.39, 0.29) is 5.41 Å². The molecule has 19 heavy (non-hydrogen) atoms. The summed E-state index contributed by atoms with van der Waals surface area (Å²) < 4.78 is 36.1. The Morgan fingerprint density at radius 1 is 1.21 bits per heavy atom. The fourth-order valence-corrected chi connectivity index (χ4v) is 2.90. The van der Waals surface area contributed by atoms with Crippen LogP contribution >= 0.6 is 0 Å². The number of hydrogen-bond acceptors (Lipinski definition) is 4. The van der Waals surface area contributed by atoms with Crippen LogP contribution in [0.1, 0.15) is 18.4 Å². The van der Waals surface area contributed by atoms with E-state index in [1.54, 1.807) is 0 Å². The largest absolute Gasteiger partial charge is 0.486 e. The normalized spacial score (nSPS) is 20.1.